The van der Waals surface area contributed by atoms with Crippen LogP contribution < -0.4 is 15.4 Å². The molecule has 0 aliphatic carbocycles. The SMILES string of the molecule is CCNC(=NCC(C)(C)OC)NCCS(=O)(=O)NCc1ccccc1.I. The van der Waals surface area contributed by atoms with Crippen LogP contribution in [0.3, 0.4) is 0 Å². The van der Waals surface area contributed by atoms with Crippen molar-refractivity contribution in [2.45, 2.75) is 32.9 Å². The summed E-state index contributed by atoms with van der Waals surface area (Å²) >= 11 is 0. The second-order valence-corrected chi connectivity index (χ2v) is 8.14. The number of rotatable bonds is 10. The minimum absolute atomic E-state index is 0. The molecule has 26 heavy (non-hydrogen) atoms. The van der Waals surface area contributed by atoms with E-state index in [0.29, 0.717) is 25.6 Å². The maximum absolute atomic E-state index is 12.1. The van der Waals surface area contributed by atoms with E-state index in [2.05, 4.69) is 20.3 Å². The van der Waals surface area contributed by atoms with Crippen molar-refractivity contribution in [2.75, 3.05) is 32.5 Å². The summed E-state index contributed by atoms with van der Waals surface area (Å²) in [5, 5.41) is 6.13. The van der Waals surface area contributed by atoms with Crippen molar-refractivity contribution in [1.82, 2.24) is 15.4 Å². The Hall–Kier alpha value is -0.910. The molecule has 0 aromatic heterocycles. The van der Waals surface area contributed by atoms with E-state index in [0.717, 1.165) is 5.56 Å². The van der Waals surface area contributed by atoms with Crippen LogP contribution in [0.2, 0.25) is 0 Å². The van der Waals surface area contributed by atoms with Gasteiger partial charge in [0.15, 0.2) is 5.96 Å². The van der Waals surface area contributed by atoms with E-state index in [9.17, 15) is 8.42 Å². The zero-order valence-corrected chi connectivity index (χ0v) is 19.1. The van der Waals surface area contributed by atoms with Crippen LogP contribution in [0.5, 0.6) is 0 Å². The van der Waals surface area contributed by atoms with Gasteiger partial charge < -0.3 is 15.4 Å². The summed E-state index contributed by atoms with van der Waals surface area (Å²) in [4.78, 5) is 4.42. The van der Waals surface area contributed by atoms with Crippen molar-refractivity contribution in [1.29, 1.82) is 0 Å². The van der Waals surface area contributed by atoms with Crippen LogP contribution in [0, 0.1) is 0 Å². The minimum atomic E-state index is -3.36. The summed E-state index contributed by atoms with van der Waals surface area (Å²) in [6.45, 7) is 7.56. The van der Waals surface area contributed by atoms with Crippen molar-refractivity contribution in [2.24, 2.45) is 4.99 Å². The number of sulfonamides is 1. The Bertz CT molecular complexity index is 637. The van der Waals surface area contributed by atoms with Crippen LogP contribution in [-0.2, 0) is 21.3 Å². The molecular formula is C17H31IN4O3S. The summed E-state index contributed by atoms with van der Waals surface area (Å²) in [6.07, 6.45) is 0. The Kier molecular flexibility index (Phi) is 12.0. The molecule has 0 amide bonds. The van der Waals surface area contributed by atoms with Gasteiger partial charge in [0.1, 0.15) is 0 Å². The number of methoxy groups -OCH3 is 1. The highest BCUT2D eigenvalue weighted by Gasteiger charge is 2.16. The third-order valence-electron chi connectivity index (χ3n) is 3.52. The van der Waals surface area contributed by atoms with Gasteiger partial charge in [-0.1, -0.05) is 30.3 Å². The highest BCUT2D eigenvalue weighted by molar-refractivity contribution is 14.0. The lowest BCUT2D eigenvalue weighted by Gasteiger charge is -2.21. The Morgan fingerprint density at radius 3 is 2.42 bits per heavy atom. The van der Waals surface area contributed by atoms with Gasteiger partial charge in [-0.25, -0.2) is 13.1 Å². The minimum Gasteiger partial charge on any atom is -0.377 e. The molecule has 1 aromatic carbocycles. The maximum Gasteiger partial charge on any atom is 0.213 e. The van der Waals surface area contributed by atoms with Gasteiger partial charge in [-0.15, -0.1) is 24.0 Å². The molecule has 9 heteroatoms. The molecule has 0 atom stereocenters. The number of nitrogens with zero attached hydrogens (tertiary/aromatic N) is 1. The molecule has 0 saturated carbocycles. The third kappa shape index (κ3) is 10.9. The summed E-state index contributed by atoms with van der Waals surface area (Å²) in [5.41, 5.74) is 0.557. The predicted molar refractivity (Wildman–Crippen MR) is 118 cm³/mol. The molecule has 3 N–H and O–H groups in total. The number of aliphatic imine (C=N–C) groups is 1. The van der Waals surface area contributed by atoms with Crippen LogP contribution in [0.25, 0.3) is 0 Å². The summed E-state index contributed by atoms with van der Waals surface area (Å²) < 4.78 is 32.1. The first kappa shape index (κ1) is 25.1. The molecule has 7 nitrogen and oxygen atoms in total. The molecule has 0 aliphatic rings. The number of halogens is 1. The number of guanidine groups is 1. The Balaban J connectivity index is 0.00000625. The Labute approximate surface area is 174 Å². The third-order valence-corrected chi connectivity index (χ3v) is 4.84. The second kappa shape index (κ2) is 12.5. The topological polar surface area (TPSA) is 91.8 Å². The van der Waals surface area contributed by atoms with Gasteiger partial charge in [0.2, 0.25) is 10.0 Å². The molecule has 0 bridgehead atoms. The van der Waals surface area contributed by atoms with Crippen LogP contribution in [0.4, 0.5) is 0 Å². The Morgan fingerprint density at radius 1 is 1.19 bits per heavy atom. The van der Waals surface area contributed by atoms with E-state index in [1.165, 1.54) is 0 Å². The van der Waals surface area contributed by atoms with Gasteiger partial charge in [0.05, 0.1) is 17.9 Å². The van der Waals surface area contributed by atoms with Crippen LogP contribution >= 0.6 is 24.0 Å². The van der Waals surface area contributed by atoms with Gasteiger partial charge in [0, 0.05) is 26.7 Å². The van der Waals surface area contributed by atoms with E-state index in [-0.39, 0.29) is 41.9 Å². The van der Waals surface area contributed by atoms with Gasteiger partial charge in [-0.3, -0.25) is 4.99 Å². The highest BCUT2D eigenvalue weighted by Crippen LogP contribution is 2.06. The molecular weight excluding hydrogens is 467 g/mol. The molecule has 0 unspecified atom stereocenters. The van der Waals surface area contributed by atoms with Crippen molar-refractivity contribution in [3.8, 4) is 0 Å². The standard InChI is InChI=1S/C17H30N4O3S.HI/c1-5-18-16(20-14-17(2,3)24-4)19-11-12-25(22,23)21-13-15-9-7-6-8-10-15;/h6-10,21H,5,11-14H2,1-4H3,(H2,18,19,20);1H. The van der Waals surface area contributed by atoms with Gasteiger partial charge in [-0.2, -0.15) is 0 Å². The van der Waals surface area contributed by atoms with E-state index in [1.54, 1.807) is 7.11 Å². The van der Waals surface area contributed by atoms with Crippen LogP contribution in [0.1, 0.15) is 26.3 Å². The fourth-order valence-electron chi connectivity index (χ4n) is 1.84. The van der Waals surface area contributed by atoms with Gasteiger partial charge >= 0.3 is 0 Å². The number of nitrogens with one attached hydrogen (secondary N) is 3. The smallest absolute Gasteiger partial charge is 0.213 e. The molecule has 0 radical (unpaired) electrons. The van der Waals surface area contributed by atoms with Crippen molar-refractivity contribution >= 4 is 40.0 Å². The number of benzene rings is 1. The average Bonchev–Trinajstić information content (AvgIpc) is 2.59. The first-order chi connectivity index (χ1) is 11.8. The molecule has 0 saturated heterocycles. The van der Waals surface area contributed by atoms with E-state index >= 15 is 0 Å². The predicted octanol–water partition coefficient (Wildman–Crippen LogP) is 1.70. The quantitative estimate of drug-likeness (QED) is 0.260. The molecule has 0 spiro atoms. The van der Waals surface area contributed by atoms with Crippen molar-refractivity contribution in [3.63, 3.8) is 0 Å². The zero-order chi connectivity index (χ0) is 18.8. The normalized spacial score (nSPS) is 12.4. The highest BCUT2D eigenvalue weighted by atomic mass is 127. The van der Waals surface area contributed by atoms with Gasteiger partial charge in [0.25, 0.3) is 0 Å². The van der Waals surface area contributed by atoms with Gasteiger partial charge in [-0.05, 0) is 26.3 Å². The lowest BCUT2D eigenvalue weighted by molar-refractivity contribution is 0.0310. The summed E-state index contributed by atoms with van der Waals surface area (Å²) in [7, 11) is -1.72. The largest absolute Gasteiger partial charge is 0.377 e. The molecule has 150 valence electrons. The van der Waals surface area contributed by atoms with E-state index in [4.69, 9.17) is 4.74 Å². The fraction of sp³-hybridized carbons (Fsp3) is 0.588. The van der Waals surface area contributed by atoms with Crippen LogP contribution in [0.15, 0.2) is 35.3 Å². The molecule has 0 heterocycles. The van der Waals surface area contributed by atoms with Crippen molar-refractivity contribution in [3.05, 3.63) is 35.9 Å². The molecule has 0 aliphatic heterocycles. The second-order valence-electron chi connectivity index (χ2n) is 6.21. The fourth-order valence-corrected chi connectivity index (χ4v) is 2.74. The number of hydrogen-bond donors (Lipinski definition) is 3. The first-order valence-corrected chi connectivity index (χ1v) is 10.0. The van der Waals surface area contributed by atoms with Crippen LogP contribution in [-0.4, -0.2) is 52.5 Å². The molecule has 0 fully saturated rings. The number of ether oxygens (including phenoxy) is 1. The zero-order valence-electron chi connectivity index (χ0n) is 15.9. The molecule has 1 aromatic rings. The number of hydrogen-bond acceptors (Lipinski definition) is 4. The first-order valence-electron chi connectivity index (χ1n) is 8.36. The lowest BCUT2D eigenvalue weighted by Crippen LogP contribution is -2.42. The summed E-state index contributed by atoms with van der Waals surface area (Å²) in [5.74, 6) is 0.545. The van der Waals surface area contributed by atoms with Crippen molar-refractivity contribution < 1.29 is 13.2 Å². The lowest BCUT2D eigenvalue weighted by atomic mass is 10.1. The average molecular weight is 498 g/mol. The maximum atomic E-state index is 12.1. The summed E-state index contributed by atoms with van der Waals surface area (Å²) in [6, 6.07) is 9.43. The van der Waals surface area contributed by atoms with E-state index in [1.807, 2.05) is 51.1 Å². The Morgan fingerprint density at radius 2 is 1.85 bits per heavy atom. The monoisotopic (exact) mass is 498 g/mol. The molecule has 1 rings (SSSR count). The van der Waals surface area contributed by atoms with E-state index < -0.39 is 10.0 Å².